The summed E-state index contributed by atoms with van der Waals surface area (Å²) in [5, 5.41) is 3.57. The third-order valence-corrected chi connectivity index (χ3v) is 2.83. The van der Waals surface area contributed by atoms with Crippen LogP contribution in [0.3, 0.4) is 0 Å². The summed E-state index contributed by atoms with van der Waals surface area (Å²) in [5.41, 5.74) is 1.99. The van der Waals surface area contributed by atoms with Crippen LogP contribution in [0.2, 0.25) is 5.02 Å². The first-order valence-electron chi connectivity index (χ1n) is 5.06. The molecule has 88 valence electrons. The first-order chi connectivity index (χ1) is 8.19. The molecule has 2 aromatic carbocycles. The lowest BCUT2D eigenvalue weighted by molar-refractivity contribution is 0.631. The molecule has 0 atom stereocenters. The van der Waals surface area contributed by atoms with E-state index in [1.165, 1.54) is 6.07 Å². The van der Waals surface area contributed by atoms with Crippen molar-refractivity contribution in [1.29, 1.82) is 0 Å². The summed E-state index contributed by atoms with van der Waals surface area (Å²) in [6, 6.07) is 11.8. The molecule has 2 aromatic rings. The Morgan fingerprint density at radius 3 is 2.65 bits per heavy atom. The lowest BCUT2D eigenvalue weighted by Crippen LogP contribution is -1.94. The largest absolute Gasteiger partial charge is 0.353 e. The number of anilines is 2. The Hall–Kier alpha value is -1.25. The van der Waals surface area contributed by atoms with Gasteiger partial charge in [-0.05, 0) is 35.9 Å². The molecule has 0 unspecified atom stereocenters. The quantitative estimate of drug-likeness (QED) is 0.777. The minimum absolute atomic E-state index is 0.321. The van der Waals surface area contributed by atoms with Gasteiger partial charge in [0.05, 0.1) is 5.69 Å². The second-order valence-electron chi connectivity index (χ2n) is 3.58. The van der Waals surface area contributed by atoms with Crippen molar-refractivity contribution in [3.8, 4) is 0 Å². The van der Waals surface area contributed by atoms with Gasteiger partial charge in [-0.15, -0.1) is 11.6 Å². The van der Waals surface area contributed by atoms with Crippen molar-refractivity contribution in [3.63, 3.8) is 0 Å². The van der Waals surface area contributed by atoms with Crippen molar-refractivity contribution in [1.82, 2.24) is 0 Å². The molecule has 0 radical (unpaired) electrons. The highest BCUT2D eigenvalue weighted by molar-refractivity contribution is 6.30. The second-order valence-corrected chi connectivity index (χ2v) is 4.29. The van der Waals surface area contributed by atoms with Crippen molar-refractivity contribution in [2.45, 2.75) is 5.88 Å². The molecular weight excluding hydrogens is 260 g/mol. The summed E-state index contributed by atoms with van der Waals surface area (Å²) in [4.78, 5) is 0. The predicted octanol–water partition coefficient (Wildman–Crippen LogP) is 4.96. The van der Waals surface area contributed by atoms with Crippen LogP contribution in [-0.4, -0.2) is 0 Å². The molecule has 0 fully saturated rings. The van der Waals surface area contributed by atoms with Gasteiger partial charge < -0.3 is 5.32 Å². The normalized spacial score (nSPS) is 10.3. The van der Waals surface area contributed by atoms with E-state index < -0.39 is 0 Å². The smallest absolute Gasteiger partial charge is 0.146 e. The standard InChI is InChI=1S/C13H10Cl2FN/c14-8-9-4-5-12(16)13(6-9)17-11-3-1-2-10(15)7-11/h1-7,17H,8H2. The van der Waals surface area contributed by atoms with Crippen molar-refractivity contribution in [2.75, 3.05) is 5.32 Å². The lowest BCUT2D eigenvalue weighted by Gasteiger charge is -2.09. The molecule has 2 rings (SSSR count). The van der Waals surface area contributed by atoms with E-state index in [4.69, 9.17) is 23.2 Å². The lowest BCUT2D eigenvalue weighted by atomic mass is 10.2. The molecule has 17 heavy (non-hydrogen) atoms. The highest BCUT2D eigenvalue weighted by Gasteiger charge is 2.04. The molecule has 0 bridgehead atoms. The molecule has 0 saturated carbocycles. The van der Waals surface area contributed by atoms with Crippen LogP contribution in [0.15, 0.2) is 42.5 Å². The summed E-state index contributed by atoms with van der Waals surface area (Å²) in [6.45, 7) is 0. The fraction of sp³-hybridized carbons (Fsp3) is 0.0769. The third kappa shape index (κ3) is 3.11. The van der Waals surface area contributed by atoms with Crippen molar-refractivity contribution < 1.29 is 4.39 Å². The first kappa shape index (κ1) is 12.2. The fourth-order valence-electron chi connectivity index (χ4n) is 1.47. The molecule has 0 aliphatic rings. The van der Waals surface area contributed by atoms with Gasteiger partial charge in [-0.3, -0.25) is 0 Å². The Morgan fingerprint density at radius 1 is 1.12 bits per heavy atom. The number of alkyl halides is 1. The van der Waals surface area contributed by atoms with Gasteiger partial charge >= 0.3 is 0 Å². The minimum Gasteiger partial charge on any atom is -0.353 e. The SMILES string of the molecule is Fc1ccc(CCl)cc1Nc1cccc(Cl)c1. The van der Waals surface area contributed by atoms with E-state index >= 15 is 0 Å². The minimum atomic E-state index is -0.321. The maximum atomic E-state index is 13.6. The van der Waals surface area contributed by atoms with Crippen LogP contribution in [-0.2, 0) is 5.88 Å². The van der Waals surface area contributed by atoms with Gasteiger partial charge in [0, 0.05) is 16.6 Å². The number of hydrogen-bond donors (Lipinski definition) is 1. The molecule has 0 amide bonds. The molecule has 1 N–H and O–H groups in total. The maximum absolute atomic E-state index is 13.6. The number of nitrogens with one attached hydrogen (secondary N) is 1. The van der Waals surface area contributed by atoms with Crippen LogP contribution in [0.5, 0.6) is 0 Å². The maximum Gasteiger partial charge on any atom is 0.146 e. The number of halogens is 3. The fourth-order valence-corrected chi connectivity index (χ4v) is 1.83. The molecule has 4 heteroatoms. The zero-order valence-electron chi connectivity index (χ0n) is 8.88. The van der Waals surface area contributed by atoms with Gasteiger partial charge in [0.1, 0.15) is 5.82 Å². The topological polar surface area (TPSA) is 12.0 Å². The molecule has 0 saturated heterocycles. The molecule has 0 aliphatic carbocycles. The van der Waals surface area contributed by atoms with Crippen molar-refractivity contribution in [3.05, 3.63) is 58.9 Å². The average molecular weight is 270 g/mol. The zero-order valence-corrected chi connectivity index (χ0v) is 10.4. The van der Waals surface area contributed by atoms with E-state index in [1.54, 1.807) is 30.3 Å². The highest BCUT2D eigenvalue weighted by atomic mass is 35.5. The van der Waals surface area contributed by atoms with Crippen LogP contribution < -0.4 is 5.32 Å². The summed E-state index contributed by atoms with van der Waals surface area (Å²) in [5.74, 6) is 0.0312. The summed E-state index contributed by atoms with van der Waals surface area (Å²) in [6.07, 6.45) is 0. The molecule has 1 nitrogen and oxygen atoms in total. The molecule has 0 aromatic heterocycles. The Kier molecular flexibility index (Phi) is 3.87. The third-order valence-electron chi connectivity index (χ3n) is 2.29. The number of benzene rings is 2. The van der Waals surface area contributed by atoms with Gasteiger partial charge in [-0.25, -0.2) is 4.39 Å². The Bertz CT molecular complexity index is 529. The monoisotopic (exact) mass is 269 g/mol. The average Bonchev–Trinajstić information content (AvgIpc) is 2.32. The van der Waals surface area contributed by atoms with E-state index in [-0.39, 0.29) is 5.82 Å². The molecule has 0 heterocycles. The first-order valence-corrected chi connectivity index (χ1v) is 5.97. The van der Waals surface area contributed by atoms with Crippen LogP contribution in [0.25, 0.3) is 0 Å². The van der Waals surface area contributed by atoms with E-state index in [9.17, 15) is 4.39 Å². The predicted molar refractivity (Wildman–Crippen MR) is 70.7 cm³/mol. The zero-order chi connectivity index (χ0) is 12.3. The van der Waals surface area contributed by atoms with Crippen LogP contribution >= 0.6 is 23.2 Å². The summed E-state index contributed by atoms with van der Waals surface area (Å²) in [7, 11) is 0. The Labute approximate surface area is 109 Å². The van der Waals surface area contributed by atoms with Gasteiger partial charge in [-0.1, -0.05) is 23.7 Å². The van der Waals surface area contributed by atoms with Gasteiger partial charge in [-0.2, -0.15) is 0 Å². The Morgan fingerprint density at radius 2 is 1.94 bits per heavy atom. The van der Waals surface area contributed by atoms with E-state index in [2.05, 4.69) is 5.32 Å². The van der Waals surface area contributed by atoms with Gasteiger partial charge in [0.25, 0.3) is 0 Å². The summed E-state index contributed by atoms with van der Waals surface area (Å²) < 4.78 is 13.6. The highest BCUT2D eigenvalue weighted by Crippen LogP contribution is 2.23. The number of hydrogen-bond acceptors (Lipinski definition) is 1. The van der Waals surface area contributed by atoms with Crippen LogP contribution in [0.1, 0.15) is 5.56 Å². The Balaban J connectivity index is 2.29. The second kappa shape index (κ2) is 5.39. The van der Waals surface area contributed by atoms with E-state index in [1.807, 2.05) is 6.07 Å². The van der Waals surface area contributed by atoms with Crippen LogP contribution in [0, 0.1) is 5.82 Å². The molecule has 0 aliphatic heterocycles. The van der Waals surface area contributed by atoms with E-state index in [0.717, 1.165) is 11.3 Å². The van der Waals surface area contributed by atoms with Crippen LogP contribution in [0.4, 0.5) is 15.8 Å². The van der Waals surface area contributed by atoms with Crippen molar-refractivity contribution in [2.24, 2.45) is 0 Å². The van der Waals surface area contributed by atoms with Gasteiger partial charge in [0.2, 0.25) is 0 Å². The molecular formula is C13H10Cl2FN. The molecule has 0 spiro atoms. The van der Waals surface area contributed by atoms with E-state index in [0.29, 0.717) is 16.6 Å². The van der Waals surface area contributed by atoms with Gasteiger partial charge in [0.15, 0.2) is 0 Å². The number of rotatable bonds is 3. The summed E-state index contributed by atoms with van der Waals surface area (Å²) >= 11 is 11.6. The van der Waals surface area contributed by atoms with Crippen molar-refractivity contribution >= 4 is 34.6 Å².